The number of benzene rings is 1. The summed E-state index contributed by atoms with van der Waals surface area (Å²) < 4.78 is 21.1. The molecule has 1 heterocycles. The zero-order valence-electron chi connectivity index (χ0n) is 18.9. The van der Waals surface area contributed by atoms with Crippen molar-refractivity contribution in [2.24, 2.45) is 0 Å². The maximum absolute atomic E-state index is 12.9. The zero-order valence-corrected chi connectivity index (χ0v) is 18.9. The summed E-state index contributed by atoms with van der Waals surface area (Å²) in [6.07, 6.45) is 0.864. The Kier molecular flexibility index (Phi) is 9.40. The van der Waals surface area contributed by atoms with Crippen molar-refractivity contribution in [2.75, 3.05) is 47.6 Å². The van der Waals surface area contributed by atoms with E-state index in [0.717, 1.165) is 5.56 Å². The van der Waals surface area contributed by atoms with Gasteiger partial charge < -0.3 is 28.8 Å². The van der Waals surface area contributed by atoms with Gasteiger partial charge in [-0.3, -0.25) is 9.59 Å². The predicted octanol–water partition coefficient (Wildman–Crippen LogP) is 2.75. The van der Waals surface area contributed by atoms with Crippen molar-refractivity contribution in [3.05, 3.63) is 46.9 Å². The molecule has 8 nitrogen and oxygen atoms in total. The molecule has 0 saturated heterocycles. The smallest absolute Gasteiger partial charge is 0.257 e. The molecule has 1 N–H and O–H groups in total. The molecular weight excluding hydrogens is 400 g/mol. The Morgan fingerprint density at radius 3 is 2.39 bits per heavy atom. The Balaban J connectivity index is 1.86. The maximum atomic E-state index is 12.9. The zero-order chi connectivity index (χ0) is 22.8. The van der Waals surface area contributed by atoms with Crippen LogP contribution in [-0.2, 0) is 16.0 Å². The van der Waals surface area contributed by atoms with Gasteiger partial charge >= 0.3 is 0 Å². The van der Waals surface area contributed by atoms with E-state index in [1.54, 1.807) is 46.1 Å². The molecule has 1 aromatic heterocycles. The van der Waals surface area contributed by atoms with Crippen molar-refractivity contribution in [1.29, 1.82) is 0 Å². The highest BCUT2D eigenvalue weighted by molar-refractivity contribution is 5.95. The summed E-state index contributed by atoms with van der Waals surface area (Å²) in [6.45, 7) is 5.14. The fourth-order valence-corrected chi connectivity index (χ4v) is 3.24. The number of rotatable bonds is 12. The number of ether oxygens (including phenoxy) is 3. The van der Waals surface area contributed by atoms with Gasteiger partial charge in [-0.2, -0.15) is 0 Å². The minimum atomic E-state index is -0.162. The van der Waals surface area contributed by atoms with Crippen LogP contribution in [0.5, 0.6) is 11.5 Å². The number of furan rings is 1. The third-order valence-electron chi connectivity index (χ3n) is 4.92. The second-order valence-corrected chi connectivity index (χ2v) is 7.15. The predicted molar refractivity (Wildman–Crippen MR) is 117 cm³/mol. The minimum Gasteiger partial charge on any atom is -0.493 e. The van der Waals surface area contributed by atoms with Crippen molar-refractivity contribution in [1.82, 2.24) is 10.2 Å². The van der Waals surface area contributed by atoms with Crippen LogP contribution in [0.4, 0.5) is 0 Å². The summed E-state index contributed by atoms with van der Waals surface area (Å²) >= 11 is 0. The molecule has 0 atom stereocenters. The lowest BCUT2D eigenvalue weighted by atomic mass is 10.1. The molecular formula is C23H32N2O6. The Morgan fingerprint density at radius 2 is 1.77 bits per heavy atom. The number of hydrogen-bond acceptors (Lipinski definition) is 6. The second kappa shape index (κ2) is 12.0. The van der Waals surface area contributed by atoms with Gasteiger partial charge in [0.15, 0.2) is 11.5 Å². The molecule has 1 aromatic carbocycles. The van der Waals surface area contributed by atoms with Gasteiger partial charge in [-0.05, 0) is 44.0 Å². The van der Waals surface area contributed by atoms with Crippen LogP contribution in [0.2, 0.25) is 0 Å². The van der Waals surface area contributed by atoms with Crippen LogP contribution in [0.25, 0.3) is 0 Å². The molecule has 31 heavy (non-hydrogen) atoms. The molecule has 0 aliphatic heterocycles. The summed E-state index contributed by atoms with van der Waals surface area (Å²) in [4.78, 5) is 26.8. The van der Waals surface area contributed by atoms with E-state index in [2.05, 4.69) is 5.32 Å². The standard InChI is InChI=1S/C23H32N2O6/c1-16-14-19(17(2)31-16)23(27)25(12-13-28-3)11-9-22(26)24-10-8-18-6-7-20(29-4)21(15-18)30-5/h6-7,14-15H,8-13H2,1-5H3,(H,24,26). The van der Waals surface area contributed by atoms with Gasteiger partial charge in [0.1, 0.15) is 11.5 Å². The summed E-state index contributed by atoms with van der Waals surface area (Å²) in [5.41, 5.74) is 1.54. The van der Waals surface area contributed by atoms with Crippen molar-refractivity contribution < 1.29 is 28.2 Å². The summed E-state index contributed by atoms with van der Waals surface area (Å²) in [5, 5.41) is 2.90. The van der Waals surface area contributed by atoms with E-state index in [1.165, 1.54) is 0 Å². The molecule has 0 radical (unpaired) electrons. The Morgan fingerprint density at radius 1 is 1.03 bits per heavy atom. The van der Waals surface area contributed by atoms with Gasteiger partial charge in [0.05, 0.1) is 26.4 Å². The van der Waals surface area contributed by atoms with Crippen LogP contribution < -0.4 is 14.8 Å². The Bertz CT molecular complexity index is 877. The normalized spacial score (nSPS) is 10.6. The molecule has 0 bridgehead atoms. The Labute approximate surface area is 183 Å². The van der Waals surface area contributed by atoms with Crippen LogP contribution in [0.15, 0.2) is 28.7 Å². The summed E-state index contributed by atoms with van der Waals surface area (Å²) in [5.74, 6) is 2.30. The highest BCUT2D eigenvalue weighted by Crippen LogP contribution is 2.27. The van der Waals surface area contributed by atoms with Crippen molar-refractivity contribution in [3.63, 3.8) is 0 Å². The average molecular weight is 433 g/mol. The van der Waals surface area contributed by atoms with Gasteiger partial charge in [0.2, 0.25) is 5.91 Å². The molecule has 0 unspecified atom stereocenters. The molecule has 170 valence electrons. The first-order valence-corrected chi connectivity index (χ1v) is 10.2. The molecule has 0 saturated carbocycles. The number of methoxy groups -OCH3 is 3. The molecule has 0 spiro atoms. The number of nitrogens with zero attached hydrogens (tertiary/aromatic N) is 1. The van der Waals surface area contributed by atoms with Crippen LogP contribution in [0.1, 0.15) is 33.9 Å². The molecule has 0 aliphatic carbocycles. The van der Waals surface area contributed by atoms with Gasteiger partial charge in [0.25, 0.3) is 5.91 Å². The third-order valence-corrected chi connectivity index (χ3v) is 4.92. The van der Waals surface area contributed by atoms with Gasteiger partial charge in [-0.15, -0.1) is 0 Å². The number of nitrogens with one attached hydrogen (secondary N) is 1. The number of hydrogen-bond donors (Lipinski definition) is 1. The van der Waals surface area contributed by atoms with Crippen molar-refractivity contribution >= 4 is 11.8 Å². The average Bonchev–Trinajstić information content (AvgIpc) is 3.11. The fourth-order valence-electron chi connectivity index (χ4n) is 3.24. The summed E-state index contributed by atoms with van der Waals surface area (Å²) in [7, 11) is 4.76. The van der Waals surface area contributed by atoms with E-state index >= 15 is 0 Å². The van der Waals surface area contributed by atoms with E-state index in [9.17, 15) is 9.59 Å². The monoisotopic (exact) mass is 432 g/mol. The lowest BCUT2D eigenvalue weighted by Gasteiger charge is -2.22. The van der Waals surface area contributed by atoms with Crippen molar-refractivity contribution in [2.45, 2.75) is 26.7 Å². The van der Waals surface area contributed by atoms with Crippen LogP contribution in [-0.4, -0.2) is 64.3 Å². The van der Waals surface area contributed by atoms with E-state index in [0.29, 0.717) is 61.2 Å². The van der Waals surface area contributed by atoms with E-state index in [1.807, 2.05) is 18.2 Å². The maximum Gasteiger partial charge on any atom is 0.257 e. The van der Waals surface area contributed by atoms with Gasteiger partial charge in [-0.1, -0.05) is 6.07 Å². The molecule has 0 fully saturated rings. The molecule has 8 heteroatoms. The molecule has 2 rings (SSSR count). The largest absolute Gasteiger partial charge is 0.493 e. The van der Waals surface area contributed by atoms with Gasteiger partial charge in [-0.25, -0.2) is 0 Å². The molecule has 2 amide bonds. The number of carbonyl (C=O) groups is 2. The minimum absolute atomic E-state index is 0.115. The van der Waals surface area contributed by atoms with Crippen molar-refractivity contribution in [3.8, 4) is 11.5 Å². The van der Waals surface area contributed by atoms with Crippen LogP contribution in [0, 0.1) is 13.8 Å². The quantitative estimate of drug-likeness (QED) is 0.555. The fraction of sp³-hybridized carbons (Fsp3) is 0.478. The number of amides is 2. The van der Waals surface area contributed by atoms with E-state index in [-0.39, 0.29) is 18.2 Å². The highest BCUT2D eigenvalue weighted by atomic mass is 16.5. The first-order chi connectivity index (χ1) is 14.9. The molecule has 0 aliphatic rings. The molecule has 2 aromatic rings. The van der Waals surface area contributed by atoms with E-state index in [4.69, 9.17) is 18.6 Å². The van der Waals surface area contributed by atoms with E-state index < -0.39 is 0 Å². The lowest BCUT2D eigenvalue weighted by Crippen LogP contribution is -2.37. The van der Waals surface area contributed by atoms with Crippen LogP contribution >= 0.6 is 0 Å². The topological polar surface area (TPSA) is 90.2 Å². The SMILES string of the molecule is COCCN(CCC(=O)NCCc1ccc(OC)c(OC)c1)C(=O)c1cc(C)oc1C. The number of carbonyl (C=O) groups excluding carboxylic acids is 2. The van der Waals surface area contributed by atoms with Gasteiger partial charge in [0, 0.05) is 33.2 Å². The third kappa shape index (κ3) is 7.03. The van der Waals surface area contributed by atoms with Crippen LogP contribution in [0.3, 0.4) is 0 Å². The first kappa shape index (κ1) is 24.3. The Hall–Kier alpha value is -3.00. The first-order valence-electron chi connectivity index (χ1n) is 10.2. The summed E-state index contributed by atoms with van der Waals surface area (Å²) in [6, 6.07) is 7.40. The second-order valence-electron chi connectivity index (χ2n) is 7.15. The number of aryl methyl sites for hydroxylation is 2. The lowest BCUT2D eigenvalue weighted by molar-refractivity contribution is -0.121. The highest BCUT2D eigenvalue weighted by Gasteiger charge is 2.21.